The van der Waals surface area contributed by atoms with Crippen LogP contribution in [0.25, 0.3) is 0 Å². The molecule has 6 heavy (non-hydrogen) atoms. The van der Waals surface area contributed by atoms with Crippen molar-refractivity contribution in [2.24, 2.45) is 0 Å². The molecule has 0 fully saturated rings. The van der Waals surface area contributed by atoms with E-state index >= 15 is 0 Å². The van der Waals surface area contributed by atoms with Gasteiger partial charge in [0.15, 0.2) is 0 Å². The Morgan fingerprint density at radius 2 is 1.83 bits per heavy atom. The van der Waals surface area contributed by atoms with Crippen LogP contribution in [-0.2, 0) is 9.36 Å². The number of carbonyl (C=O) groups excluding carboxylic acids is 1. The van der Waals surface area contributed by atoms with Crippen LogP contribution < -0.4 is 0 Å². The lowest BCUT2D eigenvalue weighted by Gasteiger charge is -1.08. The highest BCUT2D eigenvalue weighted by atomic mass is 31.1. The monoisotopic (exact) mass is 108 g/mol. The third-order valence-corrected chi connectivity index (χ3v) is 0. The second-order valence-electron chi connectivity index (χ2n) is 0.193. The average Bonchev–Trinajstić information content (AvgIpc) is 1.39. The fraction of sp³-hybridized carbons (Fsp3) is 0. The molecule has 0 radical (unpaired) electrons. The highest BCUT2D eigenvalue weighted by Gasteiger charge is 1.45. The molecule has 1 unspecified atom stereocenters. The van der Waals surface area contributed by atoms with Crippen LogP contribution in [0.4, 0.5) is 0 Å². The Bertz CT molecular complexity index is 55.8. The van der Waals surface area contributed by atoms with Crippen molar-refractivity contribution in [1.29, 1.82) is 5.41 Å². The van der Waals surface area contributed by atoms with Gasteiger partial charge in [0.25, 0.3) is 0 Å². The topological polar surface area (TPSA) is 78.2 Å². The largest absolute Gasteiger partial charge is 0.491 e. The number of hydrogen-bond donors (Lipinski definition) is 2. The van der Waals surface area contributed by atoms with Gasteiger partial charge in [-0.05, 0) is 4.57 Å². The predicted octanol–water partition coefficient (Wildman–Crippen LogP) is -0.181. The van der Waals surface area contributed by atoms with Gasteiger partial charge >= 0.3 is 8.69 Å². The van der Waals surface area contributed by atoms with Crippen molar-refractivity contribution in [1.82, 2.24) is 0 Å². The summed E-state index contributed by atoms with van der Waals surface area (Å²) < 4.78 is 8.51. The first-order valence-electron chi connectivity index (χ1n) is 0.882. The normalized spacial score (nSPS) is 4.83. The van der Waals surface area contributed by atoms with Gasteiger partial charge in [-0.3, -0.25) is 0 Å². The van der Waals surface area contributed by atoms with Gasteiger partial charge in [0, 0.05) is 0 Å². The van der Waals surface area contributed by atoms with Gasteiger partial charge in [-0.25, -0.2) is 10.2 Å². The summed E-state index contributed by atoms with van der Waals surface area (Å²) in [5.74, 6) is 0. The number of rotatable bonds is 0. The molecule has 4 nitrogen and oxygen atoms in total. The van der Waals surface area contributed by atoms with Gasteiger partial charge in [0.1, 0.15) is 0 Å². The van der Waals surface area contributed by atoms with Crippen LogP contribution in [-0.4, -0.2) is 11.0 Å². The van der Waals surface area contributed by atoms with Crippen molar-refractivity contribution in [3.63, 3.8) is 0 Å². The summed E-state index contributed by atoms with van der Waals surface area (Å²) in [6.07, 6.45) is 0.750. The van der Waals surface area contributed by atoms with Gasteiger partial charge in [0.05, 0.1) is 0 Å². The Morgan fingerprint density at radius 3 is 1.83 bits per heavy atom. The SMILES string of the molecule is N=C=O.O=[PH+]O. The zero-order chi connectivity index (χ0) is 5.41. The van der Waals surface area contributed by atoms with E-state index in [0.29, 0.717) is 0 Å². The molecule has 0 spiro atoms. The minimum atomic E-state index is -1.17. The molecule has 5 heteroatoms. The first-order valence-corrected chi connectivity index (χ1v) is 1.74. The van der Waals surface area contributed by atoms with Gasteiger partial charge in [-0.2, -0.15) is 4.89 Å². The lowest BCUT2D eigenvalue weighted by molar-refractivity contribution is 0.524. The van der Waals surface area contributed by atoms with Crippen molar-refractivity contribution in [3.8, 4) is 0 Å². The van der Waals surface area contributed by atoms with E-state index in [1.807, 2.05) is 0 Å². The molecule has 1 atom stereocenters. The van der Waals surface area contributed by atoms with E-state index in [0.717, 1.165) is 6.08 Å². The van der Waals surface area contributed by atoms with Crippen LogP contribution in [0.15, 0.2) is 0 Å². The van der Waals surface area contributed by atoms with Crippen molar-refractivity contribution >= 4 is 14.8 Å². The predicted molar refractivity (Wildman–Crippen MR) is 19.6 cm³/mol. The van der Waals surface area contributed by atoms with Crippen LogP contribution in [0.1, 0.15) is 0 Å². The smallest absolute Gasteiger partial charge is 0.222 e. The minimum absolute atomic E-state index is 0.750. The average molecular weight is 108 g/mol. The van der Waals surface area contributed by atoms with E-state index in [2.05, 4.69) is 0 Å². The molecule has 0 aromatic heterocycles. The number of hydrogen-bond acceptors (Lipinski definition) is 3. The van der Waals surface area contributed by atoms with E-state index in [1.165, 1.54) is 0 Å². The molecule has 0 rings (SSSR count). The zero-order valence-electron chi connectivity index (χ0n) is 2.76. The van der Waals surface area contributed by atoms with E-state index in [-0.39, 0.29) is 0 Å². The van der Waals surface area contributed by atoms with Crippen LogP contribution in [0.3, 0.4) is 0 Å². The molecule has 0 aromatic carbocycles. The Labute approximate surface area is 35.6 Å². The maximum Gasteiger partial charge on any atom is 0.491 e. The van der Waals surface area contributed by atoms with Gasteiger partial charge in [0.2, 0.25) is 6.08 Å². The highest BCUT2D eigenvalue weighted by Crippen LogP contribution is 1.66. The van der Waals surface area contributed by atoms with Crippen molar-refractivity contribution in [3.05, 3.63) is 0 Å². The molecule has 0 aromatic rings. The van der Waals surface area contributed by atoms with Gasteiger partial charge < -0.3 is 0 Å². The lowest BCUT2D eigenvalue weighted by atomic mass is 11.7. The lowest BCUT2D eigenvalue weighted by Crippen LogP contribution is -1.16. The summed E-state index contributed by atoms with van der Waals surface area (Å²) in [5, 5.41) is 5.40. The first kappa shape index (κ1) is 9.06. The maximum absolute atomic E-state index is 8.51. The Hall–Kier alpha value is -0.560. The Balaban J connectivity index is 0. The van der Waals surface area contributed by atoms with Gasteiger partial charge in [-0.15, -0.1) is 0 Å². The molecule has 0 amide bonds. The summed E-state index contributed by atoms with van der Waals surface area (Å²) >= 11 is 0. The molecule has 0 saturated carbocycles. The molecule has 2 N–H and O–H groups in total. The summed E-state index contributed by atoms with van der Waals surface area (Å²) in [6.45, 7) is 0. The first-order chi connectivity index (χ1) is 2.83. The Kier molecular flexibility index (Phi) is 38.3. The van der Waals surface area contributed by atoms with Crippen LogP contribution in [0.5, 0.6) is 0 Å². The van der Waals surface area contributed by atoms with Crippen molar-refractivity contribution in [2.45, 2.75) is 0 Å². The molecule has 0 heterocycles. The van der Waals surface area contributed by atoms with Gasteiger partial charge in [-0.1, -0.05) is 0 Å². The van der Waals surface area contributed by atoms with Crippen molar-refractivity contribution < 1.29 is 14.3 Å². The van der Waals surface area contributed by atoms with Crippen LogP contribution >= 0.6 is 8.69 Å². The molecule has 0 aliphatic carbocycles. The third kappa shape index (κ3) is 65.3. The Morgan fingerprint density at radius 1 is 1.83 bits per heavy atom. The van der Waals surface area contributed by atoms with E-state index in [9.17, 15) is 0 Å². The van der Waals surface area contributed by atoms with E-state index < -0.39 is 8.69 Å². The van der Waals surface area contributed by atoms with Crippen LogP contribution in [0, 0.1) is 5.41 Å². The second-order valence-corrected chi connectivity index (χ2v) is 0.376. The fourth-order valence-corrected chi connectivity index (χ4v) is 0. The van der Waals surface area contributed by atoms with Crippen molar-refractivity contribution in [2.75, 3.05) is 0 Å². The summed E-state index contributed by atoms with van der Waals surface area (Å²) in [6, 6.07) is 0. The molecule has 0 aliphatic heterocycles. The minimum Gasteiger partial charge on any atom is -0.222 e. The quantitative estimate of drug-likeness (QED) is 0.256. The fourth-order valence-electron chi connectivity index (χ4n) is 0. The van der Waals surface area contributed by atoms with E-state index in [4.69, 9.17) is 19.7 Å². The second kappa shape index (κ2) is 25.3. The molecular weight excluding hydrogens is 105 g/mol. The van der Waals surface area contributed by atoms with Crippen LogP contribution in [0.2, 0.25) is 0 Å². The molecule has 0 saturated heterocycles. The summed E-state index contributed by atoms with van der Waals surface area (Å²) in [5.41, 5.74) is 0. The molecule has 0 bridgehead atoms. The zero-order valence-corrected chi connectivity index (χ0v) is 3.76. The number of nitrogens with one attached hydrogen (secondary N) is 1. The number of isocyanates is 1. The summed E-state index contributed by atoms with van der Waals surface area (Å²) in [4.78, 5) is 15.4. The highest BCUT2D eigenvalue weighted by molar-refractivity contribution is 7.16. The summed E-state index contributed by atoms with van der Waals surface area (Å²) in [7, 11) is -1.17. The third-order valence-electron chi connectivity index (χ3n) is 0. The van der Waals surface area contributed by atoms with E-state index in [1.54, 1.807) is 0 Å². The maximum atomic E-state index is 8.51. The molecular formula is CH3NO3P+. The molecule has 0 aliphatic rings. The molecule has 34 valence electrons. The standard InChI is InChI=1S/CHNO.HO2P/c2-1-3;1-3-2/h2H;3H/p+1.